The fraction of sp³-hybridized carbons (Fsp3) is 0.125. The average molecular weight is 295 g/mol. The number of H-pyrrole nitrogens is 2. The van der Waals surface area contributed by atoms with Gasteiger partial charge < -0.3 is 19.4 Å². The molecule has 4 aromatic rings. The van der Waals surface area contributed by atoms with E-state index in [9.17, 15) is 4.79 Å². The molecule has 0 aliphatic rings. The molecule has 3 heterocycles. The van der Waals surface area contributed by atoms with E-state index in [0.29, 0.717) is 16.9 Å². The molecule has 6 heteroatoms. The topological polar surface area (TPSA) is 80.0 Å². The Morgan fingerprint density at radius 2 is 1.73 bits per heavy atom. The number of rotatable bonds is 2. The number of pyridine rings is 2. The molecular weight excluding hydrogens is 282 g/mol. The van der Waals surface area contributed by atoms with Gasteiger partial charge in [0.25, 0.3) is 5.56 Å². The van der Waals surface area contributed by atoms with Crippen molar-refractivity contribution < 1.29 is 9.47 Å². The number of ether oxygens (including phenoxy) is 2. The fourth-order valence-corrected chi connectivity index (χ4v) is 2.82. The van der Waals surface area contributed by atoms with E-state index in [4.69, 9.17) is 9.47 Å². The van der Waals surface area contributed by atoms with Crippen molar-refractivity contribution in [1.82, 2.24) is 15.0 Å². The van der Waals surface area contributed by atoms with Gasteiger partial charge in [0, 0.05) is 28.6 Å². The Morgan fingerprint density at radius 1 is 1.00 bits per heavy atom. The van der Waals surface area contributed by atoms with Gasteiger partial charge in [0.2, 0.25) is 0 Å². The van der Waals surface area contributed by atoms with Gasteiger partial charge in [-0.3, -0.25) is 4.79 Å². The standard InChI is InChI=1S/C16H13N3O3/c1-21-12-5-9-10(6-13(12)22-2)16(20)19-14-8-3-4-17-15(8)18-7-11(9)14/h3-7H,1-2H3,(H,17,18)(H,19,20). The minimum Gasteiger partial charge on any atom is -0.493 e. The van der Waals surface area contributed by atoms with Gasteiger partial charge in [-0.2, -0.15) is 0 Å². The Bertz CT molecular complexity index is 1080. The van der Waals surface area contributed by atoms with Crippen molar-refractivity contribution >= 4 is 32.7 Å². The van der Waals surface area contributed by atoms with Gasteiger partial charge in [-0.15, -0.1) is 0 Å². The van der Waals surface area contributed by atoms with E-state index in [1.54, 1.807) is 32.7 Å². The van der Waals surface area contributed by atoms with Crippen LogP contribution in [0.4, 0.5) is 0 Å². The van der Waals surface area contributed by atoms with E-state index >= 15 is 0 Å². The predicted octanol–water partition coefficient (Wildman–Crippen LogP) is 2.57. The number of methoxy groups -OCH3 is 2. The summed E-state index contributed by atoms with van der Waals surface area (Å²) in [6.45, 7) is 0. The van der Waals surface area contributed by atoms with Gasteiger partial charge in [-0.1, -0.05) is 0 Å². The summed E-state index contributed by atoms with van der Waals surface area (Å²) in [6, 6.07) is 5.40. The lowest BCUT2D eigenvalue weighted by molar-refractivity contribution is 0.356. The number of benzene rings is 1. The zero-order valence-electron chi connectivity index (χ0n) is 12.1. The minimum absolute atomic E-state index is 0.169. The normalized spacial score (nSPS) is 11.4. The highest BCUT2D eigenvalue weighted by molar-refractivity contribution is 6.13. The van der Waals surface area contributed by atoms with Crippen molar-refractivity contribution in [2.24, 2.45) is 0 Å². The van der Waals surface area contributed by atoms with Gasteiger partial charge in [0.05, 0.1) is 25.1 Å². The third kappa shape index (κ3) is 1.60. The molecule has 0 bridgehead atoms. The van der Waals surface area contributed by atoms with Crippen molar-refractivity contribution in [2.75, 3.05) is 14.2 Å². The molecule has 0 aliphatic carbocycles. The van der Waals surface area contributed by atoms with Crippen molar-refractivity contribution in [3.05, 3.63) is 40.9 Å². The van der Waals surface area contributed by atoms with E-state index in [-0.39, 0.29) is 5.56 Å². The van der Waals surface area contributed by atoms with Crippen LogP contribution in [0.2, 0.25) is 0 Å². The van der Waals surface area contributed by atoms with Crippen molar-refractivity contribution in [3.63, 3.8) is 0 Å². The molecule has 2 N–H and O–H groups in total. The molecule has 0 atom stereocenters. The Hall–Kier alpha value is -3.02. The highest BCUT2D eigenvalue weighted by Gasteiger charge is 2.13. The van der Waals surface area contributed by atoms with E-state index < -0.39 is 0 Å². The Balaban J connectivity index is 2.25. The largest absolute Gasteiger partial charge is 0.493 e. The van der Waals surface area contributed by atoms with Crippen LogP contribution < -0.4 is 15.0 Å². The first-order chi connectivity index (χ1) is 10.7. The molecular formula is C16H13N3O3. The molecule has 6 nitrogen and oxygen atoms in total. The highest BCUT2D eigenvalue weighted by atomic mass is 16.5. The van der Waals surface area contributed by atoms with E-state index in [0.717, 1.165) is 27.3 Å². The molecule has 0 aliphatic heterocycles. The summed E-state index contributed by atoms with van der Waals surface area (Å²) in [7, 11) is 3.12. The van der Waals surface area contributed by atoms with Crippen LogP contribution in [0, 0.1) is 0 Å². The van der Waals surface area contributed by atoms with Gasteiger partial charge in [-0.05, 0) is 18.2 Å². The Morgan fingerprint density at radius 3 is 2.45 bits per heavy atom. The van der Waals surface area contributed by atoms with Gasteiger partial charge in [0.15, 0.2) is 11.5 Å². The molecule has 110 valence electrons. The first kappa shape index (κ1) is 12.7. The second-order valence-electron chi connectivity index (χ2n) is 4.99. The second kappa shape index (κ2) is 4.49. The SMILES string of the molecule is COc1cc2c(=O)[nH]c3c4cc[nH]c4ncc3c2cc1OC. The van der Waals surface area contributed by atoms with E-state index in [2.05, 4.69) is 15.0 Å². The van der Waals surface area contributed by atoms with Crippen molar-refractivity contribution in [1.29, 1.82) is 0 Å². The monoisotopic (exact) mass is 295 g/mol. The minimum atomic E-state index is -0.169. The quantitative estimate of drug-likeness (QED) is 0.557. The molecule has 0 fully saturated rings. The second-order valence-corrected chi connectivity index (χ2v) is 4.99. The highest BCUT2D eigenvalue weighted by Crippen LogP contribution is 2.34. The lowest BCUT2D eigenvalue weighted by atomic mass is 10.1. The van der Waals surface area contributed by atoms with Crippen LogP contribution in [0.3, 0.4) is 0 Å². The lowest BCUT2D eigenvalue weighted by Crippen LogP contribution is -2.07. The zero-order valence-corrected chi connectivity index (χ0v) is 12.1. The summed E-state index contributed by atoms with van der Waals surface area (Å²) in [5.74, 6) is 1.10. The predicted molar refractivity (Wildman–Crippen MR) is 84.8 cm³/mol. The first-order valence-corrected chi connectivity index (χ1v) is 6.76. The number of nitrogens with zero attached hydrogens (tertiary/aromatic N) is 1. The van der Waals surface area contributed by atoms with Crippen LogP contribution in [0.5, 0.6) is 11.5 Å². The number of hydrogen-bond donors (Lipinski definition) is 2. The Kier molecular flexibility index (Phi) is 2.59. The third-order valence-electron chi connectivity index (χ3n) is 3.88. The van der Waals surface area contributed by atoms with Crippen LogP contribution in [0.15, 0.2) is 35.4 Å². The van der Waals surface area contributed by atoms with Crippen LogP contribution in [0.1, 0.15) is 0 Å². The molecule has 0 unspecified atom stereocenters. The smallest absolute Gasteiger partial charge is 0.256 e. The molecule has 1 aromatic carbocycles. The zero-order chi connectivity index (χ0) is 15.3. The van der Waals surface area contributed by atoms with Crippen LogP contribution in [0.25, 0.3) is 32.7 Å². The van der Waals surface area contributed by atoms with E-state index in [1.165, 1.54) is 0 Å². The lowest BCUT2D eigenvalue weighted by Gasteiger charge is -2.10. The average Bonchev–Trinajstić information content (AvgIpc) is 3.02. The fourth-order valence-electron chi connectivity index (χ4n) is 2.82. The van der Waals surface area contributed by atoms with Crippen molar-refractivity contribution in [2.45, 2.75) is 0 Å². The molecule has 0 saturated carbocycles. The van der Waals surface area contributed by atoms with Crippen molar-refractivity contribution in [3.8, 4) is 11.5 Å². The Labute approximate surface area is 124 Å². The molecule has 0 amide bonds. The summed E-state index contributed by atoms with van der Waals surface area (Å²) in [4.78, 5) is 22.8. The van der Waals surface area contributed by atoms with Crippen LogP contribution >= 0.6 is 0 Å². The number of nitrogens with one attached hydrogen (secondary N) is 2. The van der Waals surface area contributed by atoms with Gasteiger partial charge in [0.1, 0.15) is 5.65 Å². The third-order valence-corrected chi connectivity index (χ3v) is 3.88. The summed E-state index contributed by atoms with van der Waals surface area (Å²) in [5, 5.41) is 3.07. The summed E-state index contributed by atoms with van der Waals surface area (Å²) >= 11 is 0. The van der Waals surface area contributed by atoms with Gasteiger partial charge in [-0.25, -0.2) is 4.98 Å². The maximum atomic E-state index is 12.4. The van der Waals surface area contributed by atoms with Crippen LogP contribution in [-0.2, 0) is 0 Å². The number of aromatic amines is 2. The summed E-state index contributed by atoms with van der Waals surface area (Å²) in [6.07, 6.45) is 3.55. The molecule has 0 saturated heterocycles. The van der Waals surface area contributed by atoms with Crippen LogP contribution in [-0.4, -0.2) is 29.2 Å². The molecule has 0 spiro atoms. The molecule has 3 aromatic heterocycles. The molecule has 22 heavy (non-hydrogen) atoms. The summed E-state index contributed by atoms with van der Waals surface area (Å²) in [5.41, 5.74) is 1.33. The maximum absolute atomic E-state index is 12.4. The summed E-state index contributed by atoms with van der Waals surface area (Å²) < 4.78 is 10.6. The number of aromatic nitrogens is 3. The number of hydrogen-bond acceptors (Lipinski definition) is 4. The molecule has 4 rings (SSSR count). The molecule has 0 radical (unpaired) electrons. The van der Waals surface area contributed by atoms with Gasteiger partial charge >= 0.3 is 0 Å². The maximum Gasteiger partial charge on any atom is 0.256 e. The number of fused-ring (bicyclic) bond motifs is 5. The van der Waals surface area contributed by atoms with E-state index in [1.807, 2.05) is 12.1 Å². The first-order valence-electron chi connectivity index (χ1n) is 6.76.